The van der Waals surface area contributed by atoms with Crippen LogP contribution in [-0.2, 0) is 4.79 Å². The van der Waals surface area contributed by atoms with E-state index in [4.69, 9.17) is 21.1 Å². The van der Waals surface area contributed by atoms with Gasteiger partial charge in [0.15, 0.2) is 0 Å². The van der Waals surface area contributed by atoms with Crippen LogP contribution in [0, 0.1) is 5.92 Å². The van der Waals surface area contributed by atoms with E-state index < -0.39 is 0 Å². The third-order valence-electron chi connectivity index (χ3n) is 3.72. The van der Waals surface area contributed by atoms with Crippen molar-refractivity contribution in [2.24, 2.45) is 5.92 Å². The Bertz CT molecular complexity index is 837. The highest BCUT2D eigenvalue weighted by Gasteiger charge is 2.16. The first-order chi connectivity index (χ1) is 12.8. The molecule has 0 aromatic heterocycles. The van der Waals surface area contributed by atoms with Crippen molar-refractivity contribution < 1.29 is 19.1 Å². The molecule has 0 aliphatic carbocycles. The highest BCUT2D eigenvalue weighted by atomic mass is 35.5. The molecule has 0 unspecified atom stereocenters. The quantitative estimate of drug-likeness (QED) is 0.724. The molecule has 2 aromatic rings. The Labute approximate surface area is 163 Å². The molecule has 0 aliphatic rings. The van der Waals surface area contributed by atoms with E-state index in [1.165, 1.54) is 14.2 Å². The molecule has 0 spiro atoms. The number of ether oxygens (including phenoxy) is 2. The van der Waals surface area contributed by atoms with E-state index in [1.54, 1.807) is 36.4 Å². The lowest BCUT2D eigenvalue weighted by molar-refractivity contribution is -0.116. The van der Waals surface area contributed by atoms with Crippen LogP contribution >= 0.6 is 11.6 Å². The molecular formula is C20H23ClN2O4. The van der Waals surface area contributed by atoms with Crippen molar-refractivity contribution in [3.8, 4) is 11.5 Å². The van der Waals surface area contributed by atoms with Crippen LogP contribution < -0.4 is 20.1 Å². The molecule has 0 heterocycles. The van der Waals surface area contributed by atoms with E-state index in [1.807, 2.05) is 13.8 Å². The van der Waals surface area contributed by atoms with Gasteiger partial charge in [0.1, 0.15) is 11.5 Å². The average Bonchev–Trinajstić information content (AvgIpc) is 2.61. The van der Waals surface area contributed by atoms with Crippen molar-refractivity contribution in [3.05, 3.63) is 47.0 Å². The summed E-state index contributed by atoms with van der Waals surface area (Å²) < 4.78 is 10.7. The number of nitrogens with one attached hydrogen (secondary N) is 2. The maximum Gasteiger partial charge on any atom is 0.255 e. The lowest BCUT2D eigenvalue weighted by Crippen LogP contribution is -2.16. The Morgan fingerprint density at radius 1 is 1.00 bits per heavy atom. The smallest absolute Gasteiger partial charge is 0.255 e. The summed E-state index contributed by atoms with van der Waals surface area (Å²) >= 11 is 5.94. The first-order valence-electron chi connectivity index (χ1n) is 8.46. The zero-order chi connectivity index (χ0) is 20.0. The first kappa shape index (κ1) is 20.6. The molecule has 0 radical (unpaired) electrons. The van der Waals surface area contributed by atoms with Crippen molar-refractivity contribution >= 4 is 34.8 Å². The molecule has 2 amide bonds. The second-order valence-corrected chi connectivity index (χ2v) is 6.80. The molecule has 2 rings (SSSR count). The second kappa shape index (κ2) is 9.28. The van der Waals surface area contributed by atoms with Gasteiger partial charge < -0.3 is 20.1 Å². The maximum atomic E-state index is 12.5. The fraction of sp³-hybridized carbons (Fsp3) is 0.300. The molecule has 27 heavy (non-hydrogen) atoms. The largest absolute Gasteiger partial charge is 0.494 e. The van der Waals surface area contributed by atoms with E-state index in [0.29, 0.717) is 39.9 Å². The highest BCUT2D eigenvalue weighted by Crippen LogP contribution is 2.37. The summed E-state index contributed by atoms with van der Waals surface area (Å²) in [5.41, 5.74) is 1.31. The summed E-state index contributed by atoms with van der Waals surface area (Å²) in [4.78, 5) is 24.6. The zero-order valence-electron chi connectivity index (χ0n) is 15.8. The summed E-state index contributed by atoms with van der Waals surface area (Å²) in [5, 5.41) is 6.06. The van der Waals surface area contributed by atoms with E-state index in [9.17, 15) is 9.59 Å². The Kier molecular flexibility index (Phi) is 7.07. The summed E-state index contributed by atoms with van der Waals surface area (Å²) in [5.74, 6) is 0.574. The fourth-order valence-electron chi connectivity index (χ4n) is 2.49. The lowest BCUT2D eigenvalue weighted by Gasteiger charge is -2.16. The molecule has 7 heteroatoms. The number of methoxy groups -OCH3 is 2. The highest BCUT2D eigenvalue weighted by molar-refractivity contribution is 6.31. The van der Waals surface area contributed by atoms with Crippen LogP contribution in [0.4, 0.5) is 11.4 Å². The van der Waals surface area contributed by atoms with Gasteiger partial charge in [-0.2, -0.15) is 0 Å². The lowest BCUT2D eigenvalue weighted by atomic mass is 10.1. The standard InChI is InChI=1S/C20H23ClN2O4/c1-12(2)8-19(24)22-15-10-18(27-4)16(11-17(15)26-3)23-20(25)13-6-5-7-14(21)9-13/h5-7,9-12H,8H2,1-4H3,(H,22,24)(H,23,25). The summed E-state index contributed by atoms with van der Waals surface area (Å²) in [6.45, 7) is 3.93. The molecule has 0 saturated heterocycles. The number of carbonyl (C=O) groups is 2. The number of carbonyl (C=O) groups excluding carboxylic acids is 2. The van der Waals surface area contributed by atoms with Gasteiger partial charge in [0, 0.05) is 29.1 Å². The number of hydrogen-bond acceptors (Lipinski definition) is 4. The normalized spacial score (nSPS) is 10.4. The number of rotatable bonds is 7. The molecule has 0 fully saturated rings. The summed E-state index contributed by atoms with van der Waals surface area (Å²) in [7, 11) is 2.97. The van der Waals surface area contributed by atoms with Crippen LogP contribution in [0.1, 0.15) is 30.6 Å². The third-order valence-corrected chi connectivity index (χ3v) is 3.96. The van der Waals surface area contributed by atoms with Crippen LogP contribution in [-0.4, -0.2) is 26.0 Å². The SMILES string of the molecule is COc1cc(NC(=O)c2cccc(Cl)c2)c(OC)cc1NC(=O)CC(C)C. The van der Waals surface area contributed by atoms with Gasteiger partial charge in [-0.25, -0.2) is 0 Å². The number of benzene rings is 2. The Balaban J connectivity index is 2.29. The Morgan fingerprint density at radius 3 is 2.11 bits per heavy atom. The van der Waals surface area contributed by atoms with E-state index in [0.717, 1.165) is 0 Å². The van der Waals surface area contributed by atoms with Crippen LogP contribution in [0.3, 0.4) is 0 Å². The van der Waals surface area contributed by atoms with Crippen molar-refractivity contribution in [1.29, 1.82) is 0 Å². The maximum absolute atomic E-state index is 12.5. The second-order valence-electron chi connectivity index (χ2n) is 6.36. The molecule has 0 aliphatic heterocycles. The first-order valence-corrected chi connectivity index (χ1v) is 8.84. The predicted octanol–water partition coefficient (Wildman–Crippen LogP) is 4.59. The van der Waals surface area contributed by atoms with E-state index >= 15 is 0 Å². The number of anilines is 2. The van der Waals surface area contributed by atoms with Crippen molar-refractivity contribution in [3.63, 3.8) is 0 Å². The molecule has 2 N–H and O–H groups in total. The van der Waals surface area contributed by atoms with Gasteiger partial charge in [-0.1, -0.05) is 31.5 Å². The summed E-state index contributed by atoms with van der Waals surface area (Å²) in [6, 6.07) is 9.84. The van der Waals surface area contributed by atoms with Gasteiger partial charge in [0.05, 0.1) is 25.6 Å². The van der Waals surface area contributed by atoms with E-state index in [2.05, 4.69) is 10.6 Å². The number of amides is 2. The molecule has 0 bridgehead atoms. The van der Waals surface area contributed by atoms with Gasteiger partial charge >= 0.3 is 0 Å². The van der Waals surface area contributed by atoms with Gasteiger partial charge in [-0.05, 0) is 24.1 Å². The minimum Gasteiger partial charge on any atom is -0.494 e. The molecular weight excluding hydrogens is 368 g/mol. The van der Waals surface area contributed by atoms with Crippen molar-refractivity contribution in [1.82, 2.24) is 0 Å². The Hall–Kier alpha value is -2.73. The minimum absolute atomic E-state index is 0.124. The third kappa shape index (κ3) is 5.62. The average molecular weight is 391 g/mol. The van der Waals surface area contributed by atoms with Gasteiger partial charge in [-0.15, -0.1) is 0 Å². The monoisotopic (exact) mass is 390 g/mol. The van der Waals surface area contributed by atoms with Crippen molar-refractivity contribution in [2.75, 3.05) is 24.9 Å². The van der Waals surface area contributed by atoms with Crippen LogP contribution in [0.2, 0.25) is 5.02 Å². The molecule has 6 nitrogen and oxygen atoms in total. The van der Waals surface area contributed by atoms with Gasteiger partial charge in [-0.3, -0.25) is 9.59 Å². The van der Waals surface area contributed by atoms with E-state index in [-0.39, 0.29) is 17.7 Å². The molecule has 2 aromatic carbocycles. The Morgan fingerprint density at radius 2 is 1.59 bits per heavy atom. The molecule has 144 valence electrons. The topological polar surface area (TPSA) is 76.7 Å². The summed E-state index contributed by atoms with van der Waals surface area (Å²) in [6.07, 6.45) is 0.388. The molecule has 0 saturated carbocycles. The van der Waals surface area contributed by atoms with Crippen LogP contribution in [0.5, 0.6) is 11.5 Å². The molecule has 0 atom stereocenters. The van der Waals surface area contributed by atoms with Crippen LogP contribution in [0.15, 0.2) is 36.4 Å². The fourth-order valence-corrected chi connectivity index (χ4v) is 2.68. The van der Waals surface area contributed by atoms with Gasteiger partial charge in [0.25, 0.3) is 5.91 Å². The number of hydrogen-bond donors (Lipinski definition) is 2. The van der Waals surface area contributed by atoms with Crippen molar-refractivity contribution in [2.45, 2.75) is 20.3 Å². The zero-order valence-corrected chi connectivity index (χ0v) is 16.5. The number of halogens is 1. The predicted molar refractivity (Wildman–Crippen MR) is 107 cm³/mol. The van der Waals surface area contributed by atoms with Crippen LogP contribution in [0.25, 0.3) is 0 Å². The van der Waals surface area contributed by atoms with Gasteiger partial charge in [0.2, 0.25) is 5.91 Å². The minimum atomic E-state index is -0.338.